The quantitative estimate of drug-likeness (QED) is 0.613. The van der Waals surface area contributed by atoms with Gasteiger partial charge >= 0.3 is 0 Å². The zero-order chi connectivity index (χ0) is 19.4. The number of carbonyl (C=O) groups is 1. The summed E-state index contributed by atoms with van der Waals surface area (Å²) in [6.45, 7) is 4.34. The number of hydrogen-bond acceptors (Lipinski definition) is 5. The number of halogens is 1. The Morgan fingerprint density at radius 3 is 2.70 bits per heavy atom. The molecule has 5 nitrogen and oxygen atoms in total. The monoisotopic (exact) mass is 404 g/mol. The lowest BCUT2D eigenvalue weighted by atomic mass is 10.1. The van der Waals surface area contributed by atoms with Crippen LogP contribution in [0.5, 0.6) is 11.5 Å². The van der Waals surface area contributed by atoms with Crippen molar-refractivity contribution in [2.24, 2.45) is 0 Å². The Kier molecular flexibility index (Phi) is 6.19. The number of carbonyl (C=O) groups excluding carboxylic acids is 1. The van der Waals surface area contributed by atoms with Crippen LogP contribution < -0.4 is 15.4 Å². The van der Waals surface area contributed by atoms with Crippen molar-refractivity contribution >= 4 is 41.0 Å². The van der Waals surface area contributed by atoms with Crippen molar-refractivity contribution in [1.82, 2.24) is 5.32 Å². The van der Waals surface area contributed by atoms with Crippen molar-refractivity contribution in [2.45, 2.75) is 25.8 Å². The molecule has 1 fully saturated rings. The molecule has 1 aliphatic rings. The first-order valence-corrected chi connectivity index (χ1v) is 9.96. The molecule has 0 unspecified atom stereocenters. The number of nitrogens with one attached hydrogen (secondary N) is 2. The summed E-state index contributed by atoms with van der Waals surface area (Å²) in [5.41, 5.74) is 2.64. The Morgan fingerprint density at radius 1 is 1.30 bits per heavy atom. The Balaban J connectivity index is 1.74. The number of aryl methyl sites for hydroxylation is 1. The molecule has 2 aromatic rings. The average Bonchev–Trinajstić information content (AvgIpc) is 2.99. The van der Waals surface area contributed by atoms with Crippen LogP contribution >= 0.6 is 23.4 Å². The highest BCUT2D eigenvalue weighted by molar-refractivity contribution is 8.05. The van der Waals surface area contributed by atoms with Crippen LogP contribution in [0, 0.1) is 0 Å². The lowest BCUT2D eigenvalue weighted by molar-refractivity contribution is -0.116. The number of amides is 1. The molecule has 27 heavy (non-hydrogen) atoms. The molecular weight excluding hydrogens is 384 g/mol. The van der Waals surface area contributed by atoms with Crippen molar-refractivity contribution < 1.29 is 14.6 Å². The van der Waals surface area contributed by atoms with Crippen LogP contribution in [0.2, 0.25) is 5.02 Å². The molecule has 0 bridgehead atoms. The number of thioether (sulfide) groups is 1. The van der Waals surface area contributed by atoms with E-state index in [1.807, 2.05) is 19.1 Å². The SMILES string of the molecule is CCOc1cc(/C=C2\S[C@H](Nc3ccc(CC)cc3)NC2=O)cc(Cl)c1O. The fraction of sp³-hybridized carbons (Fsp3) is 0.250. The van der Waals surface area contributed by atoms with E-state index in [-0.39, 0.29) is 22.2 Å². The van der Waals surface area contributed by atoms with Crippen molar-refractivity contribution in [1.29, 1.82) is 0 Å². The Bertz CT molecular complexity index is 868. The van der Waals surface area contributed by atoms with E-state index in [0.29, 0.717) is 22.8 Å². The van der Waals surface area contributed by atoms with Crippen molar-refractivity contribution in [2.75, 3.05) is 11.9 Å². The second-order valence-electron chi connectivity index (χ2n) is 5.96. The summed E-state index contributed by atoms with van der Waals surface area (Å²) in [7, 11) is 0. The number of ether oxygens (including phenoxy) is 1. The van der Waals surface area contributed by atoms with Crippen LogP contribution in [0.4, 0.5) is 5.69 Å². The molecule has 1 aliphatic heterocycles. The third-order valence-corrected chi connectivity index (χ3v) is 5.36. The molecule has 0 aromatic heterocycles. The molecule has 1 atom stereocenters. The normalized spacial score (nSPS) is 17.8. The van der Waals surface area contributed by atoms with Gasteiger partial charge in [-0.1, -0.05) is 42.4 Å². The van der Waals surface area contributed by atoms with E-state index in [2.05, 4.69) is 29.7 Å². The standard InChI is InChI=1S/C20H21ClN2O3S/c1-3-12-5-7-14(8-6-12)22-20-23-19(25)17(27-20)11-13-9-15(21)18(24)16(10-13)26-4-2/h5-11,20,22,24H,3-4H2,1-2H3,(H,23,25)/b17-11-/t20-/m1/s1. The number of phenols is 1. The van der Waals surface area contributed by atoms with Gasteiger partial charge in [0.15, 0.2) is 17.0 Å². The minimum atomic E-state index is -0.254. The maximum atomic E-state index is 12.3. The smallest absolute Gasteiger partial charge is 0.260 e. The number of benzene rings is 2. The molecule has 0 radical (unpaired) electrons. The fourth-order valence-corrected chi connectivity index (χ4v) is 3.85. The van der Waals surface area contributed by atoms with Gasteiger partial charge < -0.3 is 20.5 Å². The average molecular weight is 405 g/mol. The highest BCUT2D eigenvalue weighted by Gasteiger charge is 2.27. The molecule has 1 amide bonds. The predicted octanol–water partition coefficient (Wildman–Crippen LogP) is 4.61. The van der Waals surface area contributed by atoms with Crippen LogP contribution in [-0.4, -0.2) is 23.1 Å². The van der Waals surface area contributed by atoms with Crippen molar-refractivity contribution in [3.63, 3.8) is 0 Å². The van der Waals surface area contributed by atoms with E-state index in [9.17, 15) is 9.90 Å². The van der Waals surface area contributed by atoms with Crippen molar-refractivity contribution in [3.05, 3.63) is 57.5 Å². The molecule has 1 saturated heterocycles. The third-order valence-electron chi connectivity index (χ3n) is 4.04. The molecule has 7 heteroatoms. The molecule has 0 saturated carbocycles. The second kappa shape index (κ2) is 8.59. The Hall–Kier alpha value is -2.31. The first-order chi connectivity index (χ1) is 13.0. The summed E-state index contributed by atoms with van der Waals surface area (Å²) in [6.07, 6.45) is 2.72. The number of hydrogen-bond donors (Lipinski definition) is 3. The maximum Gasteiger partial charge on any atom is 0.260 e. The highest BCUT2D eigenvalue weighted by atomic mass is 35.5. The first-order valence-electron chi connectivity index (χ1n) is 8.70. The van der Waals surface area contributed by atoms with E-state index in [1.54, 1.807) is 18.2 Å². The van der Waals surface area contributed by atoms with Gasteiger partial charge in [0.2, 0.25) is 0 Å². The second-order valence-corrected chi connectivity index (χ2v) is 7.51. The number of aromatic hydroxyl groups is 1. The van der Waals surface area contributed by atoms with E-state index in [4.69, 9.17) is 16.3 Å². The lowest BCUT2D eigenvalue weighted by Crippen LogP contribution is -2.30. The number of phenolic OH excluding ortho intramolecular Hbond substituents is 1. The summed E-state index contributed by atoms with van der Waals surface area (Å²) in [4.78, 5) is 12.8. The molecule has 0 spiro atoms. The van der Waals surface area contributed by atoms with Gasteiger partial charge in [0.1, 0.15) is 0 Å². The number of rotatable bonds is 6. The van der Waals surface area contributed by atoms with Gasteiger partial charge in [-0.25, -0.2) is 0 Å². The molecule has 142 valence electrons. The van der Waals surface area contributed by atoms with E-state index < -0.39 is 0 Å². The van der Waals surface area contributed by atoms with Crippen LogP contribution in [0.15, 0.2) is 41.3 Å². The zero-order valence-corrected chi connectivity index (χ0v) is 16.7. The minimum absolute atomic E-state index is 0.0979. The van der Waals surface area contributed by atoms with E-state index in [0.717, 1.165) is 12.1 Å². The predicted molar refractivity (Wildman–Crippen MR) is 111 cm³/mol. The van der Waals surface area contributed by atoms with Crippen LogP contribution in [0.3, 0.4) is 0 Å². The van der Waals surface area contributed by atoms with Gasteiger partial charge in [0.05, 0.1) is 16.5 Å². The first kappa shape index (κ1) is 19.5. The Morgan fingerprint density at radius 2 is 2.04 bits per heavy atom. The molecule has 1 heterocycles. The van der Waals surface area contributed by atoms with Gasteiger partial charge in [0, 0.05) is 5.69 Å². The van der Waals surface area contributed by atoms with Gasteiger partial charge in [-0.3, -0.25) is 4.79 Å². The van der Waals surface area contributed by atoms with Crippen LogP contribution in [0.1, 0.15) is 25.0 Å². The third kappa shape index (κ3) is 4.70. The van der Waals surface area contributed by atoms with Gasteiger partial charge in [-0.15, -0.1) is 0 Å². The summed E-state index contributed by atoms with van der Waals surface area (Å²) in [5, 5.41) is 16.3. The lowest BCUT2D eigenvalue weighted by Gasteiger charge is -2.13. The van der Waals surface area contributed by atoms with Gasteiger partial charge in [-0.2, -0.15) is 0 Å². The van der Waals surface area contributed by atoms with E-state index >= 15 is 0 Å². The Labute approximate surface area is 167 Å². The minimum Gasteiger partial charge on any atom is -0.503 e. The molecule has 3 N–H and O–H groups in total. The van der Waals surface area contributed by atoms with Crippen molar-refractivity contribution in [3.8, 4) is 11.5 Å². The molecule has 0 aliphatic carbocycles. The fourth-order valence-electron chi connectivity index (χ4n) is 2.65. The summed E-state index contributed by atoms with van der Waals surface area (Å²) >= 11 is 7.45. The molecule has 2 aromatic carbocycles. The van der Waals surface area contributed by atoms with E-state index in [1.165, 1.54) is 17.3 Å². The highest BCUT2D eigenvalue weighted by Crippen LogP contribution is 2.37. The maximum absolute atomic E-state index is 12.3. The van der Waals surface area contributed by atoms with Gasteiger partial charge in [0.25, 0.3) is 5.91 Å². The summed E-state index contributed by atoms with van der Waals surface area (Å²) in [5.74, 6) is 0.0371. The largest absolute Gasteiger partial charge is 0.503 e. The molecular formula is C20H21ClN2O3S. The zero-order valence-electron chi connectivity index (χ0n) is 15.1. The molecule has 3 rings (SSSR count). The van der Waals surface area contributed by atoms with Gasteiger partial charge in [-0.05, 0) is 54.8 Å². The number of anilines is 1. The topological polar surface area (TPSA) is 70.6 Å². The van der Waals surface area contributed by atoms with Crippen LogP contribution in [0.25, 0.3) is 6.08 Å². The summed E-state index contributed by atoms with van der Waals surface area (Å²) in [6, 6.07) is 11.4. The summed E-state index contributed by atoms with van der Waals surface area (Å²) < 4.78 is 5.39. The van der Waals surface area contributed by atoms with Crippen LogP contribution in [-0.2, 0) is 11.2 Å².